The molecule has 0 saturated heterocycles. The van der Waals surface area contributed by atoms with Gasteiger partial charge in [-0.3, -0.25) is 5.43 Å². The zero-order valence-corrected chi connectivity index (χ0v) is 14.2. The van der Waals surface area contributed by atoms with Gasteiger partial charge in [0, 0.05) is 36.0 Å². The van der Waals surface area contributed by atoms with Crippen LogP contribution in [0.4, 0.5) is 5.69 Å². The number of nitrogens with one attached hydrogen (secondary N) is 1. The lowest BCUT2D eigenvalue weighted by Crippen LogP contribution is -2.21. The van der Waals surface area contributed by atoms with Gasteiger partial charge in [0.25, 0.3) is 0 Å². The van der Waals surface area contributed by atoms with E-state index in [-0.39, 0.29) is 5.37 Å². The maximum atomic E-state index is 10.4. The topological polar surface area (TPSA) is 47.9 Å². The van der Waals surface area contributed by atoms with E-state index in [0.717, 1.165) is 34.9 Å². The van der Waals surface area contributed by atoms with E-state index in [1.54, 1.807) is 11.8 Å². The van der Waals surface area contributed by atoms with Gasteiger partial charge in [0.05, 0.1) is 0 Å². The highest BCUT2D eigenvalue weighted by Gasteiger charge is 2.24. The first-order valence-corrected chi connectivity index (χ1v) is 8.74. The zero-order chi connectivity index (χ0) is 16.2. The molecule has 0 radical (unpaired) electrons. The minimum absolute atomic E-state index is 0.0593. The molecule has 1 atom stereocenters. The summed E-state index contributed by atoms with van der Waals surface area (Å²) in [5.74, 6) is 0.309. The highest BCUT2D eigenvalue weighted by atomic mass is 32.2. The van der Waals surface area contributed by atoms with E-state index in [0.29, 0.717) is 5.75 Å². The van der Waals surface area contributed by atoms with Gasteiger partial charge in [0.1, 0.15) is 16.2 Å². The first-order chi connectivity index (χ1) is 11.2. The largest absolute Gasteiger partial charge is 0.507 e. The van der Waals surface area contributed by atoms with Crippen molar-refractivity contribution in [2.75, 3.05) is 18.0 Å². The standard InChI is InChI=1S/C18H21N3OS/c1-3-21(4-2)14-10-11-15(16(22)12-14)18-20-19-17(23-18)13-8-6-5-7-9-13/h5-12,18,20,22H,3-4H2,1-2H3/t18-/m1/s1. The molecule has 0 saturated carbocycles. The van der Waals surface area contributed by atoms with Crippen molar-refractivity contribution in [1.82, 2.24) is 5.43 Å². The third-order valence-electron chi connectivity index (χ3n) is 3.96. The molecule has 0 unspecified atom stereocenters. The molecule has 3 rings (SSSR count). The number of nitrogens with zero attached hydrogens (tertiary/aromatic N) is 2. The Morgan fingerprint density at radius 2 is 1.87 bits per heavy atom. The number of rotatable bonds is 5. The highest BCUT2D eigenvalue weighted by molar-refractivity contribution is 8.14. The molecule has 2 N–H and O–H groups in total. The summed E-state index contributed by atoms with van der Waals surface area (Å²) in [5, 5.41) is 15.7. The molecule has 4 nitrogen and oxygen atoms in total. The molecule has 1 aliphatic rings. The van der Waals surface area contributed by atoms with Crippen molar-refractivity contribution in [2.24, 2.45) is 5.10 Å². The van der Waals surface area contributed by atoms with Crippen molar-refractivity contribution in [3.8, 4) is 5.75 Å². The number of phenolic OH excluding ortho intramolecular Hbond substituents is 1. The van der Waals surface area contributed by atoms with E-state index >= 15 is 0 Å². The Morgan fingerprint density at radius 1 is 1.13 bits per heavy atom. The summed E-state index contributed by atoms with van der Waals surface area (Å²) in [4.78, 5) is 2.21. The second kappa shape index (κ2) is 6.96. The van der Waals surface area contributed by atoms with Crippen LogP contribution in [-0.2, 0) is 0 Å². The summed E-state index contributed by atoms with van der Waals surface area (Å²) < 4.78 is 0. The molecule has 5 heteroatoms. The van der Waals surface area contributed by atoms with Crippen molar-refractivity contribution >= 4 is 22.5 Å². The quantitative estimate of drug-likeness (QED) is 0.873. The van der Waals surface area contributed by atoms with Gasteiger partial charge in [-0.15, -0.1) is 0 Å². The molecule has 0 amide bonds. The fourth-order valence-electron chi connectivity index (χ4n) is 2.67. The Balaban J connectivity index is 1.77. The van der Waals surface area contributed by atoms with Crippen LogP contribution in [0.25, 0.3) is 0 Å². The third kappa shape index (κ3) is 3.29. The van der Waals surface area contributed by atoms with Gasteiger partial charge >= 0.3 is 0 Å². The Kier molecular flexibility index (Phi) is 4.76. The Bertz CT molecular complexity index is 699. The molecule has 0 aliphatic carbocycles. The number of hydrogen-bond acceptors (Lipinski definition) is 5. The molecular weight excluding hydrogens is 306 g/mol. The molecule has 1 aliphatic heterocycles. The van der Waals surface area contributed by atoms with Crippen LogP contribution in [0.5, 0.6) is 5.75 Å². The van der Waals surface area contributed by atoms with Crippen LogP contribution in [0.3, 0.4) is 0 Å². The van der Waals surface area contributed by atoms with E-state index in [4.69, 9.17) is 0 Å². The summed E-state index contributed by atoms with van der Waals surface area (Å²) in [6, 6.07) is 16.0. The van der Waals surface area contributed by atoms with E-state index in [2.05, 4.69) is 35.3 Å². The van der Waals surface area contributed by atoms with E-state index in [9.17, 15) is 5.11 Å². The first-order valence-electron chi connectivity index (χ1n) is 7.86. The molecule has 0 aromatic heterocycles. The lowest BCUT2D eigenvalue weighted by molar-refractivity contribution is 0.464. The van der Waals surface area contributed by atoms with Gasteiger partial charge in [0.15, 0.2) is 0 Å². The average molecular weight is 327 g/mol. The molecule has 2 aromatic rings. The molecule has 23 heavy (non-hydrogen) atoms. The fourth-order valence-corrected chi connectivity index (χ4v) is 3.70. The van der Waals surface area contributed by atoms with Crippen molar-refractivity contribution in [3.63, 3.8) is 0 Å². The van der Waals surface area contributed by atoms with Crippen LogP contribution in [0.1, 0.15) is 30.3 Å². The van der Waals surface area contributed by atoms with E-state index < -0.39 is 0 Å². The predicted octanol–water partition coefficient (Wildman–Crippen LogP) is 3.94. The minimum Gasteiger partial charge on any atom is -0.507 e. The molecular formula is C18H21N3OS. The van der Waals surface area contributed by atoms with Crippen LogP contribution < -0.4 is 10.3 Å². The Morgan fingerprint density at radius 3 is 2.52 bits per heavy atom. The van der Waals surface area contributed by atoms with Gasteiger partial charge in [-0.2, -0.15) is 5.10 Å². The molecule has 2 aromatic carbocycles. The number of thioether (sulfide) groups is 1. The summed E-state index contributed by atoms with van der Waals surface area (Å²) >= 11 is 1.62. The lowest BCUT2D eigenvalue weighted by atomic mass is 10.1. The monoisotopic (exact) mass is 327 g/mol. The maximum absolute atomic E-state index is 10.4. The second-order valence-electron chi connectivity index (χ2n) is 5.33. The van der Waals surface area contributed by atoms with E-state index in [1.165, 1.54) is 0 Å². The minimum atomic E-state index is -0.0593. The van der Waals surface area contributed by atoms with Crippen molar-refractivity contribution in [3.05, 3.63) is 59.7 Å². The van der Waals surface area contributed by atoms with Gasteiger partial charge in [-0.05, 0) is 19.9 Å². The SMILES string of the molecule is CCN(CC)c1ccc([C@@H]2NN=C(c3ccccc3)S2)c(O)c1. The van der Waals surface area contributed by atoms with Crippen molar-refractivity contribution in [2.45, 2.75) is 19.2 Å². The number of anilines is 1. The Hall–Kier alpha value is -2.14. The number of aromatic hydroxyl groups is 1. The average Bonchev–Trinajstić information content (AvgIpc) is 3.07. The number of phenols is 1. The summed E-state index contributed by atoms with van der Waals surface area (Å²) in [7, 11) is 0. The molecule has 0 fully saturated rings. The summed E-state index contributed by atoms with van der Waals surface area (Å²) in [5.41, 5.74) is 6.11. The molecule has 120 valence electrons. The number of hydrazone groups is 1. The zero-order valence-electron chi connectivity index (χ0n) is 13.4. The van der Waals surface area contributed by atoms with Crippen LogP contribution in [0.2, 0.25) is 0 Å². The van der Waals surface area contributed by atoms with Crippen molar-refractivity contribution in [1.29, 1.82) is 0 Å². The number of benzene rings is 2. The normalized spacial score (nSPS) is 16.8. The van der Waals surface area contributed by atoms with Gasteiger partial charge in [0.2, 0.25) is 0 Å². The van der Waals surface area contributed by atoms with Gasteiger partial charge < -0.3 is 10.0 Å². The first kappa shape index (κ1) is 15.7. The summed E-state index contributed by atoms with van der Waals surface area (Å²) in [6.45, 7) is 6.07. The summed E-state index contributed by atoms with van der Waals surface area (Å²) in [6.07, 6.45) is 0. The highest BCUT2D eigenvalue weighted by Crippen LogP contribution is 2.39. The maximum Gasteiger partial charge on any atom is 0.126 e. The van der Waals surface area contributed by atoms with Crippen LogP contribution in [-0.4, -0.2) is 23.2 Å². The predicted molar refractivity (Wildman–Crippen MR) is 98.1 cm³/mol. The molecule has 0 bridgehead atoms. The van der Waals surface area contributed by atoms with Crippen LogP contribution in [0.15, 0.2) is 53.6 Å². The van der Waals surface area contributed by atoms with E-state index in [1.807, 2.05) is 42.5 Å². The lowest BCUT2D eigenvalue weighted by Gasteiger charge is -2.22. The van der Waals surface area contributed by atoms with Gasteiger partial charge in [-0.1, -0.05) is 48.2 Å². The third-order valence-corrected chi connectivity index (χ3v) is 5.10. The fraction of sp³-hybridized carbons (Fsp3) is 0.278. The van der Waals surface area contributed by atoms with Gasteiger partial charge in [-0.25, -0.2) is 0 Å². The van der Waals surface area contributed by atoms with Crippen molar-refractivity contribution < 1.29 is 5.11 Å². The Labute approximate surface area is 141 Å². The number of hydrogen-bond donors (Lipinski definition) is 2. The van der Waals surface area contributed by atoms with Crippen LogP contribution >= 0.6 is 11.8 Å². The molecule has 1 heterocycles. The smallest absolute Gasteiger partial charge is 0.126 e. The molecule has 0 spiro atoms. The second-order valence-corrected chi connectivity index (χ2v) is 6.42. The van der Waals surface area contributed by atoms with Crippen LogP contribution in [0, 0.1) is 0 Å².